The van der Waals surface area contributed by atoms with Gasteiger partial charge in [-0.05, 0) is 67.0 Å². The van der Waals surface area contributed by atoms with E-state index in [1.807, 2.05) is 43.3 Å². The fourth-order valence-electron chi connectivity index (χ4n) is 2.28. The number of hydrogen-bond donors (Lipinski definition) is 2. The van der Waals surface area contributed by atoms with Gasteiger partial charge in [0.1, 0.15) is 18.1 Å². The molecule has 0 aliphatic rings. The van der Waals surface area contributed by atoms with E-state index < -0.39 is 0 Å². The summed E-state index contributed by atoms with van der Waals surface area (Å²) in [4.78, 5) is 0. The fraction of sp³-hybridized carbons (Fsp3) is 0.350. The Bertz CT molecular complexity index is 669. The Labute approximate surface area is 155 Å². The van der Waals surface area contributed by atoms with Gasteiger partial charge < -0.3 is 20.1 Å². The van der Waals surface area contributed by atoms with Crippen LogP contribution >= 0.6 is 12.2 Å². The summed E-state index contributed by atoms with van der Waals surface area (Å²) in [5, 5.41) is 7.02. The van der Waals surface area contributed by atoms with E-state index in [4.69, 9.17) is 21.7 Å². The summed E-state index contributed by atoms with van der Waals surface area (Å²) >= 11 is 5.37. The van der Waals surface area contributed by atoms with Crippen molar-refractivity contribution in [3.8, 4) is 11.5 Å². The third-order valence-corrected chi connectivity index (χ3v) is 3.99. The lowest BCUT2D eigenvalue weighted by atomic mass is 10.0. The number of rotatable bonds is 7. The Kier molecular flexibility index (Phi) is 7.07. The Hall–Kier alpha value is -2.27. The van der Waals surface area contributed by atoms with Crippen LogP contribution in [0.1, 0.15) is 32.3 Å². The van der Waals surface area contributed by atoms with E-state index in [0.717, 1.165) is 17.2 Å². The van der Waals surface area contributed by atoms with E-state index in [0.29, 0.717) is 17.6 Å². The lowest BCUT2D eigenvalue weighted by molar-refractivity contribution is 0.286. The summed E-state index contributed by atoms with van der Waals surface area (Å²) in [5.74, 6) is 2.14. The molecule has 0 amide bonds. The zero-order valence-electron chi connectivity index (χ0n) is 15.2. The molecule has 0 aliphatic heterocycles. The Morgan fingerprint density at radius 1 is 0.960 bits per heavy atom. The average Bonchev–Trinajstić information content (AvgIpc) is 2.60. The minimum atomic E-state index is 0.0806. The third-order valence-electron chi connectivity index (χ3n) is 3.77. The van der Waals surface area contributed by atoms with E-state index in [1.54, 1.807) is 7.11 Å². The number of nitrogens with one attached hydrogen (secondary N) is 2. The molecule has 2 N–H and O–H groups in total. The van der Waals surface area contributed by atoms with Crippen LogP contribution in [0.5, 0.6) is 11.5 Å². The van der Waals surface area contributed by atoms with Crippen molar-refractivity contribution in [3.05, 3.63) is 54.1 Å². The van der Waals surface area contributed by atoms with Gasteiger partial charge in [0, 0.05) is 5.69 Å². The maximum Gasteiger partial charge on any atom is 0.171 e. The van der Waals surface area contributed by atoms with Crippen LogP contribution in [0.2, 0.25) is 0 Å². The van der Waals surface area contributed by atoms with Crippen LogP contribution in [0.25, 0.3) is 0 Å². The maximum atomic E-state index is 5.75. The normalized spacial score (nSPS) is 11.7. The highest BCUT2D eigenvalue weighted by Gasteiger charge is 2.06. The molecule has 2 rings (SSSR count). The smallest absolute Gasteiger partial charge is 0.171 e. The van der Waals surface area contributed by atoms with E-state index in [2.05, 4.69) is 36.6 Å². The van der Waals surface area contributed by atoms with Crippen molar-refractivity contribution in [1.82, 2.24) is 5.32 Å². The quantitative estimate of drug-likeness (QED) is 0.710. The van der Waals surface area contributed by atoms with Gasteiger partial charge in [-0.1, -0.05) is 26.0 Å². The van der Waals surface area contributed by atoms with E-state index in [1.165, 1.54) is 5.56 Å². The summed E-state index contributed by atoms with van der Waals surface area (Å²) in [6.45, 7) is 6.90. The Balaban J connectivity index is 1.77. The van der Waals surface area contributed by atoms with E-state index in [-0.39, 0.29) is 6.04 Å². The topological polar surface area (TPSA) is 42.5 Å². The minimum absolute atomic E-state index is 0.0806. The Morgan fingerprint density at radius 3 is 2.12 bits per heavy atom. The predicted octanol–water partition coefficient (Wildman–Crippen LogP) is 4.57. The zero-order chi connectivity index (χ0) is 18.2. The van der Waals surface area contributed by atoms with E-state index >= 15 is 0 Å². The SMILES string of the molecule is COc1ccc(OC[C@@H](C)NC(=S)Nc2ccc(C(C)C)cc2)cc1. The van der Waals surface area contributed by atoms with Gasteiger partial charge in [0.25, 0.3) is 0 Å². The molecule has 2 aromatic rings. The molecule has 0 aliphatic carbocycles. The van der Waals surface area contributed by atoms with Crippen LogP contribution in [-0.2, 0) is 0 Å². The molecule has 25 heavy (non-hydrogen) atoms. The highest BCUT2D eigenvalue weighted by atomic mass is 32.1. The number of methoxy groups -OCH3 is 1. The molecule has 5 heteroatoms. The largest absolute Gasteiger partial charge is 0.497 e. The number of ether oxygens (including phenoxy) is 2. The van der Waals surface area contributed by atoms with Gasteiger partial charge in [0.05, 0.1) is 13.2 Å². The van der Waals surface area contributed by atoms with Crippen LogP contribution in [0, 0.1) is 0 Å². The Morgan fingerprint density at radius 2 is 1.56 bits per heavy atom. The molecular weight excluding hydrogens is 332 g/mol. The van der Waals surface area contributed by atoms with Crippen molar-refractivity contribution in [2.75, 3.05) is 19.0 Å². The van der Waals surface area contributed by atoms with Crippen LogP contribution in [0.15, 0.2) is 48.5 Å². The number of hydrogen-bond acceptors (Lipinski definition) is 3. The standard InChI is InChI=1S/C20H26N2O2S/c1-14(2)16-5-7-17(8-6-16)22-20(25)21-15(3)13-24-19-11-9-18(23-4)10-12-19/h5-12,14-15H,13H2,1-4H3,(H2,21,22,25)/t15-/m1/s1. The van der Waals surface area contributed by atoms with Gasteiger partial charge >= 0.3 is 0 Å². The van der Waals surface area contributed by atoms with Crippen molar-refractivity contribution < 1.29 is 9.47 Å². The molecule has 0 saturated heterocycles. The summed E-state index contributed by atoms with van der Waals surface area (Å²) in [5.41, 5.74) is 2.29. The summed E-state index contributed by atoms with van der Waals surface area (Å²) in [7, 11) is 1.65. The van der Waals surface area contributed by atoms with Gasteiger partial charge in [-0.3, -0.25) is 0 Å². The fourth-order valence-corrected chi connectivity index (χ4v) is 2.60. The van der Waals surface area contributed by atoms with Crippen molar-refractivity contribution in [2.45, 2.75) is 32.7 Å². The van der Waals surface area contributed by atoms with Crippen molar-refractivity contribution in [1.29, 1.82) is 0 Å². The summed E-state index contributed by atoms with van der Waals surface area (Å²) < 4.78 is 10.9. The van der Waals surface area contributed by atoms with Gasteiger partial charge in [-0.15, -0.1) is 0 Å². The second kappa shape index (κ2) is 9.28. The molecule has 1 atom stereocenters. The molecule has 0 radical (unpaired) electrons. The molecule has 0 saturated carbocycles. The van der Waals surface area contributed by atoms with Crippen LogP contribution in [0.3, 0.4) is 0 Å². The average molecular weight is 359 g/mol. The highest BCUT2D eigenvalue weighted by molar-refractivity contribution is 7.80. The molecule has 4 nitrogen and oxygen atoms in total. The maximum absolute atomic E-state index is 5.75. The van der Waals surface area contributed by atoms with Gasteiger partial charge in [0.2, 0.25) is 0 Å². The minimum Gasteiger partial charge on any atom is -0.497 e. The molecule has 2 aromatic carbocycles. The molecule has 0 heterocycles. The highest BCUT2D eigenvalue weighted by Crippen LogP contribution is 2.18. The lowest BCUT2D eigenvalue weighted by Crippen LogP contribution is -2.39. The first-order valence-electron chi connectivity index (χ1n) is 8.42. The van der Waals surface area contributed by atoms with Crippen LogP contribution in [0.4, 0.5) is 5.69 Å². The van der Waals surface area contributed by atoms with E-state index in [9.17, 15) is 0 Å². The molecule has 0 spiro atoms. The number of benzene rings is 2. The second-order valence-corrected chi connectivity index (χ2v) is 6.67. The molecular formula is C20H26N2O2S. The summed E-state index contributed by atoms with van der Waals surface area (Å²) in [6.07, 6.45) is 0. The first kappa shape index (κ1) is 19.1. The molecule has 0 aromatic heterocycles. The second-order valence-electron chi connectivity index (χ2n) is 6.26. The van der Waals surface area contributed by atoms with Crippen molar-refractivity contribution in [2.24, 2.45) is 0 Å². The lowest BCUT2D eigenvalue weighted by Gasteiger charge is -2.18. The van der Waals surface area contributed by atoms with Crippen molar-refractivity contribution >= 4 is 23.0 Å². The van der Waals surface area contributed by atoms with Gasteiger partial charge in [-0.2, -0.15) is 0 Å². The predicted molar refractivity (Wildman–Crippen MR) is 108 cm³/mol. The molecule has 0 unspecified atom stereocenters. The third kappa shape index (κ3) is 6.27. The molecule has 0 bridgehead atoms. The van der Waals surface area contributed by atoms with Crippen molar-refractivity contribution in [3.63, 3.8) is 0 Å². The monoisotopic (exact) mass is 358 g/mol. The molecule has 0 fully saturated rings. The number of thiocarbonyl (C=S) groups is 1. The summed E-state index contributed by atoms with van der Waals surface area (Å²) in [6, 6.07) is 15.9. The van der Waals surface area contributed by atoms with Crippen LogP contribution in [-0.4, -0.2) is 24.9 Å². The first-order chi connectivity index (χ1) is 12.0. The first-order valence-corrected chi connectivity index (χ1v) is 8.83. The van der Waals surface area contributed by atoms with Gasteiger partial charge in [0.15, 0.2) is 5.11 Å². The van der Waals surface area contributed by atoms with Gasteiger partial charge in [-0.25, -0.2) is 0 Å². The molecule has 134 valence electrons. The zero-order valence-corrected chi connectivity index (χ0v) is 16.0. The number of anilines is 1. The van der Waals surface area contributed by atoms with Crippen LogP contribution < -0.4 is 20.1 Å².